The molecule has 14 heavy (non-hydrogen) atoms. The number of hydrogen-bond donors (Lipinski definition) is 1. The van der Waals surface area contributed by atoms with Crippen LogP contribution in [-0.2, 0) is 0 Å². The molecule has 1 aliphatic rings. The van der Waals surface area contributed by atoms with Gasteiger partial charge in [-0.2, -0.15) is 0 Å². The van der Waals surface area contributed by atoms with Gasteiger partial charge in [0.25, 0.3) is 0 Å². The van der Waals surface area contributed by atoms with Gasteiger partial charge >= 0.3 is 0 Å². The highest BCUT2D eigenvalue weighted by Gasteiger charge is 2.38. The van der Waals surface area contributed by atoms with Crippen LogP contribution in [0.25, 0.3) is 0 Å². The van der Waals surface area contributed by atoms with Gasteiger partial charge in [0, 0.05) is 6.04 Å². The van der Waals surface area contributed by atoms with Crippen molar-refractivity contribution in [3.8, 4) is 0 Å². The van der Waals surface area contributed by atoms with Gasteiger partial charge in [0.2, 0.25) is 0 Å². The van der Waals surface area contributed by atoms with Gasteiger partial charge in [-0.15, -0.1) is 0 Å². The summed E-state index contributed by atoms with van der Waals surface area (Å²) in [5.41, 5.74) is 8.16. The molecule has 1 aliphatic carbocycles. The molecule has 0 bridgehead atoms. The molecule has 0 spiro atoms. The average Bonchev–Trinajstić information content (AvgIpc) is 2.86. The molecule has 1 nitrogen and oxygen atoms in total. The zero-order valence-corrected chi connectivity index (χ0v) is 8.63. The SMILES string of the molecule is Cc1ccc(F)cc1C(N)C1CC1C. The van der Waals surface area contributed by atoms with Crippen LogP contribution in [0.4, 0.5) is 4.39 Å². The average molecular weight is 193 g/mol. The fourth-order valence-electron chi connectivity index (χ4n) is 2.05. The number of aryl methyl sites for hydroxylation is 1. The van der Waals surface area contributed by atoms with E-state index >= 15 is 0 Å². The molecule has 2 N–H and O–H groups in total. The summed E-state index contributed by atoms with van der Waals surface area (Å²) in [5, 5.41) is 0. The zero-order chi connectivity index (χ0) is 10.3. The predicted molar refractivity (Wildman–Crippen MR) is 55.3 cm³/mol. The lowest BCUT2D eigenvalue weighted by atomic mass is 9.97. The molecule has 2 heteroatoms. The monoisotopic (exact) mass is 193 g/mol. The first-order valence-electron chi connectivity index (χ1n) is 5.11. The largest absolute Gasteiger partial charge is 0.324 e. The van der Waals surface area contributed by atoms with E-state index in [4.69, 9.17) is 5.73 Å². The van der Waals surface area contributed by atoms with Crippen molar-refractivity contribution in [3.63, 3.8) is 0 Å². The first-order valence-corrected chi connectivity index (χ1v) is 5.11. The summed E-state index contributed by atoms with van der Waals surface area (Å²) in [6.45, 7) is 4.18. The Morgan fingerprint density at radius 3 is 2.71 bits per heavy atom. The second-order valence-electron chi connectivity index (χ2n) is 4.40. The van der Waals surface area contributed by atoms with E-state index in [0.29, 0.717) is 11.8 Å². The van der Waals surface area contributed by atoms with Crippen molar-refractivity contribution in [1.29, 1.82) is 0 Å². The summed E-state index contributed by atoms with van der Waals surface area (Å²) in [5.74, 6) is 1.07. The van der Waals surface area contributed by atoms with E-state index in [1.807, 2.05) is 6.92 Å². The minimum Gasteiger partial charge on any atom is -0.324 e. The standard InChI is InChI=1S/C12H16FN/c1-7-3-4-9(13)6-11(7)12(14)10-5-8(10)2/h3-4,6,8,10,12H,5,14H2,1-2H3. The van der Waals surface area contributed by atoms with Crippen molar-refractivity contribution < 1.29 is 4.39 Å². The van der Waals surface area contributed by atoms with Crippen molar-refractivity contribution in [1.82, 2.24) is 0 Å². The minimum absolute atomic E-state index is 0.0145. The lowest BCUT2D eigenvalue weighted by Gasteiger charge is -2.14. The molecule has 0 saturated heterocycles. The van der Waals surface area contributed by atoms with Crippen LogP contribution in [-0.4, -0.2) is 0 Å². The first-order chi connectivity index (χ1) is 6.59. The topological polar surface area (TPSA) is 26.0 Å². The summed E-state index contributed by atoms with van der Waals surface area (Å²) < 4.78 is 13.0. The molecule has 76 valence electrons. The highest BCUT2D eigenvalue weighted by Crippen LogP contribution is 2.46. The Kier molecular flexibility index (Phi) is 2.31. The third kappa shape index (κ3) is 1.67. The molecule has 1 aromatic carbocycles. The Labute approximate surface area is 84.1 Å². The number of hydrogen-bond acceptors (Lipinski definition) is 1. The first kappa shape index (κ1) is 9.66. The van der Waals surface area contributed by atoms with Crippen molar-refractivity contribution in [2.75, 3.05) is 0 Å². The van der Waals surface area contributed by atoms with Crippen LogP contribution in [0.15, 0.2) is 18.2 Å². The summed E-state index contributed by atoms with van der Waals surface area (Å²) in [6.07, 6.45) is 1.18. The Bertz CT molecular complexity index is 348. The molecule has 3 unspecified atom stereocenters. The molecular formula is C12H16FN. The van der Waals surface area contributed by atoms with E-state index in [2.05, 4.69) is 6.92 Å². The van der Waals surface area contributed by atoms with Crippen LogP contribution in [0, 0.1) is 24.6 Å². The molecule has 1 saturated carbocycles. The second kappa shape index (κ2) is 3.35. The summed E-state index contributed by atoms with van der Waals surface area (Å²) in [6, 6.07) is 4.88. The number of rotatable bonds is 2. The highest BCUT2D eigenvalue weighted by atomic mass is 19.1. The second-order valence-corrected chi connectivity index (χ2v) is 4.40. The van der Waals surface area contributed by atoms with E-state index in [1.165, 1.54) is 12.5 Å². The quantitative estimate of drug-likeness (QED) is 0.768. The maximum atomic E-state index is 13.0. The molecule has 3 atom stereocenters. The minimum atomic E-state index is -0.186. The summed E-state index contributed by atoms with van der Waals surface area (Å²) >= 11 is 0. The zero-order valence-electron chi connectivity index (χ0n) is 8.63. The van der Waals surface area contributed by atoms with Crippen molar-refractivity contribution in [2.24, 2.45) is 17.6 Å². The van der Waals surface area contributed by atoms with Gasteiger partial charge in [-0.3, -0.25) is 0 Å². The number of halogens is 1. The van der Waals surface area contributed by atoms with Crippen molar-refractivity contribution in [3.05, 3.63) is 35.1 Å². The molecule has 0 heterocycles. The normalized spacial score (nSPS) is 27.4. The van der Waals surface area contributed by atoms with Crippen molar-refractivity contribution >= 4 is 0 Å². The molecule has 2 rings (SSSR count). The Hall–Kier alpha value is -0.890. The van der Waals surface area contributed by atoms with E-state index in [9.17, 15) is 4.39 Å². The fraction of sp³-hybridized carbons (Fsp3) is 0.500. The molecule has 1 fully saturated rings. The fourth-order valence-corrected chi connectivity index (χ4v) is 2.05. The Morgan fingerprint density at radius 2 is 2.14 bits per heavy atom. The maximum Gasteiger partial charge on any atom is 0.123 e. The number of nitrogens with two attached hydrogens (primary N) is 1. The van der Waals surface area contributed by atoms with Gasteiger partial charge in [0.1, 0.15) is 5.82 Å². The van der Waals surface area contributed by atoms with E-state index in [1.54, 1.807) is 12.1 Å². The van der Waals surface area contributed by atoms with Crippen molar-refractivity contribution in [2.45, 2.75) is 26.3 Å². The molecule has 0 amide bonds. The molecule has 0 radical (unpaired) electrons. The van der Waals surface area contributed by atoms with Crippen LogP contribution in [0.5, 0.6) is 0 Å². The van der Waals surface area contributed by atoms with E-state index in [-0.39, 0.29) is 11.9 Å². The lowest BCUT2D eigenvalue weighted by molar-refractivity contribution is 0.576. The van der Waals surface area contributed by atoms with Crippen LogP contribution >= 0.6 is 0 Å². The Balaban J connectivity index is 2.26. The lowest BCUT2D eigenvalue weighted by Crippen LogP contribution is -2.15. The Morgan fingerprint density at radius 1 is 1.50 bits per heavy atom. The molecule has 1 aromatic rings. The van der Waals surface area contributed by atoms with Gasteiger partial charge in [-0.1, -0.05) is 13.0 Å². The third-order valence-corrected chi connectivity index (χ3v) is 3.23. The molecular weight excluding hydrogens is 177 g/mol. The highest BCUT2D eigenvalue weighted by molar-refractivity contribution is 5.30. The van der Waals surface area contributed by atoms with E-state index < -0.39 is 0 Å². The van der Waals surface area contributed by atoms with Gasteiger partial charge in [0.15, 0.2) is 0 Å². The van der Waals surface area contributed by atoms with Gasteiger partial charge in [-0.25, -0.2) is 4.39 Å². The molecule has 0 aliphatic heterocycles. The predicted octanol–water partition coefficient (Wildman–Crippen LogP) is 2.79. The molecule has 0 aromatic heterocycles. The van der Waals surface area contributed by atoms with Gasteiger partial charge < -0.3 is 5.73 Å². The van der Waals surface area contributed by atoms with E-state index in [0.717, 1.165) is 11.1 Å². The summed E-state index contributed by atoms with van der Waals surface area (Å²) in [7, 11) is 0. The third-order valence-electron chi connectivity index (χ3n) is 3.23. The van der Waals surface area contributed by atoms with Gasteiger partial charge in [0.05, 0.1) is 0 Å². The maximum absolute atomic E-state index is 13.0. The summed E-state index contributed by atoms with van der Waals surface area (Å²) in [4.78, 5) is 0. The smallest absolute Gasteiger partial charge is 0.123 e. The van der Waals surface area contributed by atoms with Crippen LogP contribution in [0.1, 0.15) is 30.5 Å². The van der Waals surface area contributed by atoms with Crippen LogP contribution in [0.3, 0.4) is 0 Å². The van der Waals surface area contributed by atoms with Crippen LogP contribution < -0.4 is 5.73 Å². The van der Waals surface area contributed by atoms with Gasteiger partial charge in [-0.05, 0) is 48.4 Å². The number of benzene rings is 1. The van der Waals surface area contributed by atoms with Crippen LogP contribution in [0.2, 0.25) is 0 Å².